The number of rotatable bonds is 2. The van der Waals surface area contributed by atoms with Crippen LogP contribution in [0.4, 0.5) is 0 Å². The van der Waals surface area contributed by atoms with Crippen LogP contribution in [0.15, 0.2) is 0 Å². The first-order valence-corrected chi connectivity index (χ1v) is 14.9. The highest BCUT2D eigenvalue weighted by atomic mass is 31.2. The van der Waals surface area contributed by atoms with Crippen molar-refractivity contribution in [2.24, 2.45) is 0 Å². The summed E-state index contributed by atoms with van der Waals surface area (Å²) in [6.07, 6.45) is 7.73. The van der Waals surface area contributed by atoms with Crippen LogP contribution >= 0.6 is 8.60 Å². The van der Waals surface area contributed by atoms with E-state index in [0.29, 0.717) is 12.8 Å². The van der Waals surface area contributed by atoms with E-state index in [4.69, 9.17) is 14.3 Å². The Morgan fingerprint density at radius 1 is 0.514 bits per heavy atom. The molecule has 0 aromatic rings. The summed E-state index contributed by atoms with van der Waals surface area (Å²) in [5.74, 6) is 0. The zero-order chi connectivity index (χ0) is 29.3. The Kier molecular flexibility index (Phi) is 11.7. The van der Waals surface area contributed by atoms with Crippen molar-refractivity contribution in [3.63, 3.8) is 0 Å². The molecule has 0 unspecified atom stereocenters. The van der Waals surface area contributed by atoms with Gasteiger partial charge in [0.05, 0.1) is 6.10 Å². The summed E-state index contributed by atoms with van der Waals surface area (Å²) in [6, 6.07) is 0. The molecule has 0 bridgehead atoms. The second-order valence-electron chi connectivity index (χ2n) is 14.9. The van der Waals surface area contributed by atoms with Crippen molar-refractivity contribution in [1.82, 2.24) is 15.2 Å². The first-order chi connectivity index (χ1) is 16.4. The topological polar surface area (TPSA) is 120 Å². The van der Waals surface area contributed by atoms with Gasteiger partial charge in [0.25, 0.3) is 0 Å². The Balaban J connectivity index is 0.000000283. The number of nitrogens with zero attached hydrogens (tertiary/aromatic N) is 3. The molecule has 37 heavy (non-hydrogen) atoms. The molecular formula is C27H58N3O6P. The first-order valence-electron chi connectivity index (χ1n) is 13.7. The highest BCUT2D eigenvalue weighted by Crippen LogP contribution is 2.42. The molecule has 5 N–H and O–H groups in total. The van der Waals surface area contributed by atoms with Crippen LogP contribution in [0, 0.1) is 0 Å². The maximum Gasteiger partial charge on any atom is 0.327 e. The molecule has 9 nitrogen and oxygen atoms in total. The second kappa shape index (κ2) is 12.3. The summed E-state index contributed by atoms with van der Waals surface area (Å²) in [5.41, 5.74) is -0.997. The Bertz CT molecular complexity index is 641. The number of hydrogen-bond donors (Lipinski definition) is 5. The molecule has 0 amide bonds. The van der Waals surface area contributed by atoms with Crippen LogP contribution < -0.4 is 0 Å². The van der Waals surface area contributed by atoms with Crippen molar-refractivity contribution in [3.05, 3.63) is 0 Å². The van der Waals surface area contributed by atoms with Crippen LogP contribution in [0.5, 0.6) is 0 Å². The predicted molar refractivity (Wildman–Crippen MR) is 149 cm³/mol. The average molecular weight is 552 g/mol. The lowest BCUT2D eigenvalue weighted by molar-refractivity contribution is -0.255. The molecule has 0 aromatic heterocycles. The van der Waals surface area contributed by atoms with Crippen molar-refractivity contribution in [3.8, 4) is 0 Å². The lowest BCUT2D eigenvalue weighted by atomic mass is 9.80. The van der Waals surface area contributed by atoms with E-state index in [1.807, 2.05) is 27.7 Å². The monoisotopic (exact) mass is 551 g/mol. The maximum absolute atomic E-state index is 9.97. The summed E-state index contributed by atoms with van der Waals surface area (Å²) in [6.45, 7) is 24.3. The van der Waals surface area contributed by atoms with Gasteiger partial charge >= 0.3 is 8.60 Å². The molecule has 3 saturated heterocycles. The molecule has 10 heteroatoms. The van der Waals surface area contributed by atoms with Gasteiger partial charge in [0.1, 0.15) is 0 Å². The summed E-state index contributed by atoms with van der Waals surface area (Å²) < 4.78 is 5.05. The molecular weight excluding hydrogens is 493 g/mol. The van der Waals surface area contributed by atoms with E-state index in [1.54, 1.807) is 0 Å². The van der Waals surface area contributed by atoms with Gasteiger partial charge in [-0.15, -0.1) is 0 Å². The Hall–Kier alpha value is 0.0700. The van der Waals surface area contributed by atoms with E-state index in [-0.39, 0.29) is 28.3 Å². The fraction of sp³-hybridized carbons (Fsp3) is 1.00. The fourth-order valence-corrected chi connectivity index (χ4v) is 6.77. The third kappa shape index (κ3) is 9.59. The number of hydrogen-bond acceptors (Lipinski definition) is 9. The molecule has 3 aliphatic rings. The van der Waals surface area contributed by atoms with Gasteiger partial charge in [-0.2, -0.15) is 15.2 Å². The maximum atomic E-state index is 9.97. The van der Waals surface area contributed by atoms with E-state index in [1.165, 1.54) is 28.0 Å². The first kappa shape index (κ1) is 35.1. The molecule has 3 aliphatic heterocycles. The average Bonchev–Trinajstić information content (AvgIpc) is 2.68. The molecule has 0 spiro atoms. The van der Waals surface area contributed by atoms with Gasteiger partial charge in [-0.05, 0) is 134 Å². The van der Waals surface area contributed by atoms with E-state index in [0.717, 1.165) is 25.7 Å². The highest BCUT2D eigenvalue weighted by Gasteiger charge is 2.46. The van der Waals surface area contributed by atoms with E-state index >= 15 is 0 Å². The minimum Gasteiger partial charge on any atom is -0.328 e. The predicted octanol–water partition coefficient (Wildman–Crippen LogP) is 6.46. The SMILES string of the molecule is CC1(C)CC(OP(O)O)CC(C)(C)N1O.CC1(C)CCCC(C)(C)N1O.CC1(C)CCCC(C)(C)N1O. The normalized spacial score (nSPS) is 29.0. The van der Waals surface area contributed by atoms with E-state index in [9.17, 15) is 15.6 Å². The third-order valence-electron chi connectivity index (χ3n) is 8.29. The Morgan fingerprint density at radius 3 is 0.973 bits per heavy atom. The summed E-state index contributed by atoms with van der Waals surface area (Å²) in [5, 5.41) is 33.9. The van der Waals surface area contributed by atoms with Crippen molar-refractivity contribution in [2.45, 2.75) is 174 Å². The van der Waals surface area contributed by atoms with Gasteiger partial charge in [-0.25, -0.2) is 0 Å². The largest absolute Gasteiger partial charge is 0.328 e. The fourth-order valence-electron chi connectivity index (χ4n) is 6.36. The molecule has 222 valence electrons. The minimum absolute atomic E-state index is 0.0399. The second-order valence-corrected chi connectivity index (χ2v) is 15.6. The Morgan fingerprint density at radius 2 is 0.757 bits per heavy atom. The van der Waals surface area contributed by atoms with Crippen LogP contribution in [0.2, 0.25) is 0 Å². The molecule has 0 aromatic carbocycles. The zero-order valence-corrected chi connectivity index (χ0v) is 26.6. The molecule has 0 aliphatic carbocycles. The van der Waals surface area contributed by atoms with Gasteiger partial charge in [0.2, 0.25) is 0 Å². The number of piperidine rings is 3. The Labute approximate surface area is 227 Å². The zero-order valence-electron chi connectivity index (χ0n) is 25.7. The highest BCUT2D eigenvalue weighted by molar-refractivity contribution is 7.39. The summed E-state index contributed by atoms with van der Waals surface area (Å²) in [7, 11) is -2.32. The van der Waals surface area contributed by atoms with Gasteiger partial charge in [0, 0.05) is 33.2 Å². The van der Waals surface area contributed by atoms with Crippen molar-refractivity contribution < 1.29 is 29.9 Å². The molecule has 3 rings (SSSR count). The summed E-state index contributed by atoms with van der Waals surface area (Å²) in [4.78, 5) is 17.7. The molecule has 3 heterocycles. The smallest absolute Gasteiger partial charge is 0.327 e. The summed E-state index contributed by atoms with van der Waals surface area (Å²) >= 11 is 0. The quantitative estimate of drug-likeness (QED) is 0.246. The van der Waals surface area contributed by atoms with Crippen LogP contribution in [0.1, 0.15) is 134 Å². The van der Waals surface area contributed by atoms with Crippen molar-refractivity contribution in [1.29, 1.82) is 0 Å². The molecule has 0 atom stereocenters. The van der Waals surface area contributed by atoms with Gasteiger partial charge in [0.15, 0.2) is 0 Å². The number of hydroxylamine groups is 6. The molecule has 0 saturated carbocycles. The van der Waals surface area contributed by atoms with Crippen LogP contribution in [-0.2, 0) is 4.52 Å². The van der Waals surface area contributed by atoms with Crippen molar-refractivity contribution in [2.75, 3.05) is 0 Å². The molecule has 3 fully saturated rings. The van der Waals surface area contributed by atoms with Crippen LogP contribution in [0.25, 0.3) is 0 Å². The van der Waals surface area contributed by atoms with E-state index < -0.39 is 19.7 Å². The van der Waals surface area contributed by atoms with Gasteiger partial charge < -0.3 is 29.9 Å². The van der Waals surface area contributed by atoms with E-state index in [2.05, 4.69) is 55.4 Å². The van der Waals surface area contributed by atoms with Crippen LogP contribution in [0.3, 0.4) is 0 Å². The lowest BCUT2D eigenvalue weighted by Gasteiger charge is -2.51. The van der Waals surface area contributed by atoms with Gasteiger partial charge in [-0.3, -0.25) is 0 Å². The van der Waals surface area contributed by atoms with Crippen molar-refractivity contribution >= 4 is 8.60 Å². The minimum atomic E-state index is -2.32. The van der Waals surface area contributed by atoms with Gasteiger partial charge in [-0.1, -0.05) is 0 Å². The third-order valence-corrected chi connectivity index (χ3v) is 8.78. The van der Waals surface area contributed by atoms with Crippen LogP contribution in [-0.4, -0.2) is 79.9 Å². The lowest BCUT2D eigenvalue weighted by Crippen LogP contribution is -2.60. The molecule has 0 radical (unpaired) electrons. The standard InChI is InChI=1S/C9H20NO4P.2C9H19NO/c1-8(2)5-7(14-15(12)13)6-9(3,4)10(8)11;2*1-8(2)6-5-7-9(3,4)10(8)11/h7,11-13H,5-6H2,1-4H3;2*11H,5-7H2,1-4H3.